The highest BCUT2D eigenvalue weighted by atomic mass is 16.5. The van der Waals surface area contributed by atoms with Gasteiger partial charge in [-0.2, -0.15) is 0 Å². The van der Waals surface area contributed by atoms with Crippen LogP contribution in [0, 0.1) is 23.7 Å². The van der Waals surface area contributed by atoms with E-state index < -0.39 is 6.10 Å². The average molecular weight is 389 g/mol. The molecule has 1 saturated heterocycles. The number of cyclic esters (lactones) is 1. The number of hydrogen-bond acceptors (Lipinski definition) is 5. The molecule has 7 atom stereocenters. The molecule has 0 amide bonds. The Bertz CT molecular complexity index is 664. The van der Waals surface area contributed by atoms with Crippen LogP contribution in [0.25, 0.3) is 0 Å². The standard InChI is InChI=1S/C23H32O5/c1-4-5-21(25)28-20-11-14(2)10-16-7-6-15(3)19(23(16)20)9-8-18-12-17(24)13-22(26)27-18/h4,6-7,10,14-15,17-20,23-24H,1,5,8-9,11-13H2,2-3H3/t14-,15-,17+,18?,19-,20-,23-/m0/s1. The molecule has 0 saturated carbocycles. The summed E-state index contributed by atoms with van der Waals surface area (Å²) in [5.41, 5.74) is 1.25. The number of rotatable bonds is 6. The van der Waals surface area contributed by atoms with Crippen molar-refractivity contribution in [1.82, 2.24) is 0 Å². The fourth-order valence-corrected chi connectivity index (χ4v) is 4.97. The van der Waals surface area contributed by atoms with Gasteiger partial charge in [-0.1, -0.05) is 38.2 Å². The topological polar surface area (TPSA) is 72.8 Å². The highest BCUT2D eigenvalue weighted by Gasteiger charge is 2.41. The monoisotopic (exact) mass is 388 g/mol. The van der Waals surface area contributed by atoms with E-state index in [2.05, 4.69) is 38.7 Å². The lowest BCUT2D eigenvalue weighted by Crippen LogP contribution is -2.41. The van der Waals surface area contributed by atoms with E-state index in [9.17, 15) is 14.7 Å². The van der Waals surface area contributed by atoms with Gasteiger partial charge in [0.1, 0.15) is 12.2 Å². The zero-order valence-corrected chi connectivity index (χ0v) is 16.9. The molecule has 0 aromatic heterocycles. The second-order valence-electron chi connectivity index (χ2n) is 8.59. The number of ether oxygens (including phenoxy) is 2. The van der Waals surface area contributed by atoms with Gasteiger partial charge < -0.3 is 14.6 Å². The maximum atomic E-state index is 12.1. The summed E-state index contributed by atoms with van der Waals surface area (Å²) in [4.78, 5) is 23.8. The summed E-state index contributed by atoms with van der Waals surface area (Å²) >= 11 is 0. The molecule has 0 spiro atoms. The number of esters is 2. The third kappa shape index (κ3) is 4.93. The Morgan fingerprint density at radius 3 is 2.86 bits per heavy atom. The number of aliphatic hydroxyl groups excluding tert-OH is 1. The SMILES string of the molecule is C=CCC(=O)O[C@H]1C[C@@H](C)C=C2C=C[C@H](C)[C@H](CCC3C[C@@H](O)CC(=O)O3)[C@H]21. The number of carbonyl (C=O) groups is 2. The van der Waals surface area contributed by atoms with Crippen LogP contribution in [0.4, 0.5) is 0 Å². The molecular formula is C23H32O5. The largest absolute Gasteiger partial charge is 0.462 e. The molecule has 2 aliphatic carbocycles. The highest BCUT2D eigenvalue weighted by Crippen LogP contribution is 2.45. The van der Waals surface area contributed by atoms with Gasteiger partial charge in [0.05, 0.1) is 18.9 Å². The van der Waals surface area contributed by atoms with Crippen molar-refractivity contribution in [2.45, 2.75) is 70.7 Å². The van der Waals surface area contributed by atoms with Crippen molar-refractivity contribution < 1.29 is 24.2 Å². The van der Waals surface area contributed by atoms with Crippen molar-refractivity contribution in [3.05, 3.63) is 36.5 Å². The molecule has 28 heavy (non-hydrogen) atoms. The van der Waals surface area contributed by atoms with E-state index in [1.807, 2.05) is 0 Å². The maximum absolute atomic E-state index is 12.1. The van der Waals surface area contributed by atoms with Gasteiger partial charge in [-0.25, -0.2) is 0 Å². The molecule has 5 nitrogen and oxygen atoms in total. The first-order valence-electron chi connectivity index (χ1n) is 10.4. The first-order valence-corrected chi connectivity index (χ1v) is 10.4. The lowest BCUT2D eigenvalue weighted by Gasteiger charge is -2.43. The van der Waals surface area contributed by atoms with E-state index >= 15 is 0 Å². The minimum atomic E-state index is -0.603. The summed E-state index contributed by atoms with van der Waals surface area (Å²) in [6, 6.07) is 0. The first kappa shape index (κ1) is 20.8. The predicted molar refractivity (Wildman–Crippen MR) is 106 cm³/mol. The third-order valence-electron chi connectivity index (χ3n) is 6.25. The Labute approximate surface area is 167 Å². The molecule has 0 bridgehead atoms. The summed E-state index contributed by atoms with van der Waals surface area (Å²) in [5, 5.41) is 9.86. The summed E-state index contributed by atoms with van der Waals surface area (Å²) in [5.74, 6) is 0.640. The Hall–Kier alpha value is -1.88. The Morgan fingerprint density at radius 1 is 1.36 bits per heavy atom. The molecule has 154 valence electrons. The number of allylic oxidation sites excluding steroid dienone is 3. The minimum Gasteiger partial charge on any atom is -0.462 e. The van der Waals surface area contributed by atoms with Crippen molar-refractivity contribution in [2.24, 2.45) is 23.7 Å². The first-order chi connectivity index (χ1) is 13.4. The van der Waals surface area contributed by atoms with Gasteiger partial charge in [-0.05, 0) is 42.6 Å². The second kappa shape index (κ2) is 9.08. The Morgan fingerprint density at radius 2 is 2.14 bits per heavy atom. The van der Waals surface area contributed by atoms with Crippen LogP contribution in [0.1, 0.15) is 52.4 Å². The molecule has 3 aliphatic rings. The van der Waals surface area contributed by atoms with Gasteiger partial charge in [0.25, 0.3) is 0 Å². The van der Waals surface area contributed by atoms with E-state index in [0.29, 0.717) is 24.2 Å². The van der Waals surface area contributed by atoms with Gasteiger partial charge in [-0.3, -0.25) is 9.59 Å². The summed E-state index contributed by atoms with van der Waals surface area (Å²) in [7, 11) is 0. The quantitative estimate of drug-likeness (QED) is 0.554. The predicted octanol–water partition coefficient (Wildman–Crippen LogP) is 3.73. The molecule has 3 rings (SSSR count). The molecule has 0 aromatic carbocycles. The van der Waals surface area contributed by atoms with E-state index in [1.165, 1.54) is 5.57 Å². The van der Waals surface area contributed by atoms with Crippen LogP contribution < -0.4 is 0 Å². The molecule has 1 N–H and O–H groups in total. The number of hydrogen-bond donors (Lipinski definition) is 1. The normalized spacial score (nSPS) is 37.5. The zero-order valence-electron chi connectivity index (χ0n) is 16.9. The fraction of sp³-hybridized carbons (Fsp3) is 0.652. The number of aliphatic hydroxyl groups is 1. The Kier molecular flexibility index (Phi) is 6.76. The number of fused-ring (bicyclic) bond motifs is 1. The van der Waals surface area contributed by atoms with Crippen LogP contribution in [0.3, 0.4) is 0 Å². The molecule has 5 heteroatoms. The van der Waals surface area contributed by atoms with Crippen LogP contribution in [0.5, 0.6) is 0 Å². The molecule has 0 radical (unpaired) electrons. The molecule has 1 unspecified atom stereocenters. The van der Waals surface area contributed by atoms with Crippen molar-refractivity contribution in [2.75, 3.05) is 0 Å². The van der Waals surface area contributed by atoms with Crippen LogP contribution >= 0.6 is 0 Å². The van der Waals surface area contributed by atoms with E-state index in [4.69, 9.17) is 9.47 Å². The summed E-state index contributed by atoms with van der Waals surface area (Å²) in [6.45, 7) is 7.97. The van der Waals surface area contributed by atoms with Crippen LogP contribution in [0.15, 0.2) is 36.5 Å². The smallest absolute Gasteiger partial charge is 0.309 e. The van der Waals surface area contributed by atoms with Crippen LogP contribution in [-0.2, 0) is 19.1 Å². The van der Waals surface area contributed by atoms with Gasteiger partial charge in [0, 0.05) is 12.3 Å². The molecule has 1 fully saturated rings. The van der Waals surface area contributed by atoms with Gasteiger partial charge >= 0.3 is 11.9 Å². The third-order valence-corrected chi connectivity index (χ3v) is 6.25. The van der Waals surface area contributed by atoms with E-state index in [-0.39, 0.29) is 42.9 Å². The van der Waals surface area contributed by atoms with Crippen molar-refractivity contribution in [1.29, 1.82) is 0 Å². The number of carbonyl (C=O) groups excluding carboxylic acids is 2. The van der Waals surface area contributed by atoms with Crippen molar-refractivity contribution in [3.63, 3.8) is 0 Å². The molecule has 0 aromatic rings. The fourth-order valence-electron chi connectivity index (χ4n) is 4.97. The lowest BCUT2D eigenvalue weighted by atomic mass is 9.65. The van der Waals surface area contributed by atoms with Gasteiger partial charge in [-0.15, -0.1) is 6.58 Å². The minimum absolute atomic E-state index is 0.0911. The zero-order chi connectivity index (χ0) is 20.3. The van der Waals surface area contributed by atoms with Crippen molar-refractivity contribution >= 4 is 11.9 Å². The lowest BCUT2D eigenvalue weighted by molar-refractivity contribution is -0.161. The van der Waals surface area contributed by atoms with Crippen molar-refractivity contribution in [3.8, 4) is 0 Å². The van der Waals surface area contributed by atoms with E-state index in [1.54, 1.807) is 6.08 Å². The summed E-state index contributed by atoms with van der Waals surface area (Å²) < 4.78 is 11.3. The van der Waals surface area contributed by atoms with E-state index in [0.717, 1.165) is 19.3 Å². The second-order valence-corrected chi connectivity index (χ2v) is 8.59. The molecule has 1 aliphatic heterocycles. The van der Waals surface area contributed by atoms with Gasteiger partial charge in [0.2, 0.25) is 0 Å². The Balaban J connectivity index is 1.73. The summed E-state index contributed by atoms with van der Waals surface area (Å²) in [6.07, 6.45) is 10.5. The highest BCUT2D eigenvalue weighted by molar-refractivity contribution is 5.71. The van der Waals surface area contributed by atoms with Crippen LogP contribution in [0.2, 0.25) is 0 Å². The van der Waals surface area contributed by atoms with Gasteiger partial charge in [0.15, 0.2) is 0 Å². The average Bonchev–Trinajstić information content (AvgIpc) is 2.60. The molecule has 1 heterocycles. The maximum Gasteiger partial charge on any atom is 0.309 e. The van der Waals surface area contributed by atoms with Crippen LogP contribution in [-0.4, -0.2) is 35.4 Å². The molecular weight excluding hydrogens is 356 g/mol.